The standard InChI is InChI=1S/C4H7NO/c1-2-4-5-3(1)6-4/h3-5H,1-2H2. The maximum absolute atomic E-state index is 5.14. The average molecular weight is 85.1 g/mol. The van der Waals surface area contributed by atoms with Crippen LogP contribution in [0.15, 0.2) is 0 Å². The van der Waals surface area contributed by atoms with E-state index in [1.54, 1.807) is 0 Å². The molecule has 2 bridgehead atoms. The van der Waals surface area contributed by atoms with Gasteiger partial charge in [0.15, 0.2) is 0 Å². The van der Waals surface area contributed by atoms with Crippen molar-refractivity contribution in [2.24, 2.45) is 0 Å². The van der Waals surface area contributed by atoms with Crippen molar-refractivity contribution in [3.05, 3.63) is 0 Å². The molecule has 3 fully saturated rings. The van der Waals surface area contributed by atoms with Crippen LogP contribution in [0.25, 0.3) is 0 Å². The zero-order valence-electron chi connectivity index (χ0n) is 3.48. The lowest BCUT2D eigenvalue weighted by Gasteiger charge is -2.25. The molecule has 0 radical (unpaired) electrons. The third-order valence-electron chi connectivity index (χ3n) is 1.39. The van der Waals surface area contributed by atoms with Gasteiger partial charge in [0, 0.05) is 0 Å². The van der Waals surface area contributed by atoms with Gasteiger partial charge < -0.3 is 4.74 Å². The van der Waals surface area contributed by atoms with Gasteiger partial charge in [-0.3, -0.25) is 5.32 Å². The fourth-order valence-corrected chi connectivity index (χ4v) is 1.02. The number of hydrogen-bond acceptors (Lipinski definition) is 2. The SMILES string of the molecule is C1CC2NC1O2. The first-order chi connectivity index (χ1) is 2.95. The van der Waals surface area contributed by atoms with Gasteiger partial charge >= 0.3 is 0 Å². The molecule has 3 saturated heterocycles. The van der Waals surface area contributed by atoms with E-state index in [0.717, 1.165) is 0 Å². The molecule has 2 nitrogen and oxygen atoms in total. The van der Waals surface area contributed by atoms with Crippen molar-refractivity contribution in [1.82, 2.24) is 5.32 Å². The molecule has 0 aliphatic carbocycles. The highest BCUT2D eigenvalue weighted by Crippen LogP contribution is 2.25. The monoisotopic (exact) mass is 85.1 g/mol. The second-order valence-electron chi connectivity index (χ2n) is 1.86. The van der Waals surface area contributed by atoms with E-state index in [4.69, 9.17) is 4.74 Å². The molecule has 3 rings (SSSR count). The first-order valence-electron chi connectivity index (χ1n) is 2.37. The fourth-order valence-electron chi connectivity index (χ4n) is 1.02. The summed E-state index contributed by atoms with van der Waals surface area (Å²) in [6, 6.07) is 0. The van der Waals surface area contributed by atoms with Gasteiger partial charge in [0.25, 0.3) is 0 Å². The normalized spacial score (nSPS) is 52.0. The lowest BCUT2D eigenvalue weighted by molar-refractivity contribution is -0.104. The van der Waals surface area contributed by atoms with Gasteiger partial charge in [-0.05, 0) is 12.8 Å². The maximum Gasteiger partial charge on any atom is 0.112 e. The maximum atomic E-state index is 5.14. The van der Waals surface area contributed by atoms with E-state index >= 15 is 0 Å². The van der Waals surface area contributed by atoms with Crippen LogP contribution in [0.5, 0.6) is 0 Å². The number of hydrogen-bond donors (Lipinski definition) is 1. The van der Waals surface area contributed by atoms with Gasteiger partial charge in [-0.1, -0.05) is 0 Å². The first-order valence-corrected chi connectivity index (χ1v) is 2.37. The van der Waals surface area contributed by atoms with E-state index in [2.05, 4.69) is 5.32 Å². The highest BCUT2D eigenvalue weighted by molar-refractivity contribution is 4.80. The van der Waals surface area contributed by atoms with E-state index in [1.165, 1.54) is 12.8 Å². The molecule has 2 atom stereocenters. The molecule has 6 heavy (non-hydrogen) atoms. The molecule has 0 amide bonds. The van der Waals surface area contributed by atoms with Crippen molar-refractivity contribution >= 4 is 0 Å². The Bertz CT molecular complexity index is 54.4. The minimum absolute atomic E-state index is 0.440. The summed E-state index contributed by atoms with van der Waals surface area (Å²) in [6.45, 7) is 0. The zero-order chi connectivity index (χ0) is 3.98. The van der Waals surface area contributed by atoms with Crippen LogP contribution >= 0.6 is 0 Å². The number of ether oxygens (including phenoxy) is 1. The quantitative estimate of drug-likeness (QED) is 0.449. The fraction of sp³-hybridized carbons (Fsp3) is 1.00. The predicted octanol–water partition coefficient (Wildman–Crippen LogP) is 0.0522. The molecule has 2 heteroatoms. The van der Waals surface area contributed by atoms with Crippen molar-refractivity contribution in [2.75, 3.05) is 0 Å². The molecule has 34 valence electrons. The molecule has 0 spiro atoms. The molecule has 2 unspecified atom stereocenters. The van der Waals surface area contributed by atoms with Gasteiger partial charge in [-0.25, -0.2) is 0 Å². The third-order valence-corrected chi connectivity index (χ3v) is 1.39. The van der Waals surface area contributed by atoms with E-state index < -0.39 is 0 Å². The molecule has 1 N–H and O–H groups in total. The Morgan fingerprint density at radius 2 is 1.83 bits per heavy atom. The minimum atomic E-state index is 0.440. The van der Waals surface area contributed by atoms with E-state index in [0.29, 0.717) is 12.5 Å². The number of nitrogens with one attached hydrogen (secondary N) is 1. The van der Waals surface area contributed by atoms with Crippen molar-refractivity contribution < 1.29 is 4.74 Å². The number of fused-ring (bicyclic) bond motifs is 1. The molecular formula is C4H7NO. The molecule has 0 saturated carbocycles. The Balaban J connectivity index is 2.16. The van der Waals surface area contributed by atoms with Crippen LogP contribution in [-0.4, -0.2) is 12.5 Å². The molecule has 3 aliphatic heterocycles. The van der Waals surface area contributed by atoms with E-state index in [9.17, 15) is 0 Å². The van der Waals surface area contributed by atoms with Crippen LogP contribution < -0.4 is 5.32 Å². The van der Waals surface area contributed by atoms with Crippen LogP contribution in [0.4, 0.5) is 0 Å². The highest BCUT2D eigenvalue weighted by atomic mass is 16.6. The Kier molecular flexibility index (Phi) is 0.383. The number of rotatable bonds is 0. The van der Waals surface area contributed by atoms with Gasteiger partial charge in [0.2, 0.25) is 0 Å². The molecule has 3 heterocycles. The van der Waals surface area contributed by atoms with Crippen LogP contribution in [0.2, 0.25) is 0 Å². The van der Waals surface area contributed by atoms with Gasteiger partial charge in [0.1, 0.15) is 12.5 Å². The van der Waals surface area contributed by atoms with Gasteiger partial charge in [-0.2, -0.15) is 0 Å². The van der Waals surface area contributed by atoms with Gasteiger partial charge in [-0.15, -0.1) is 0 Å². The summed E-state index contributed by atoms with van der Waals surface area (Å²) in [6.07, 6.45) is 3.33. The Labute approximate surface area is 36.5 Å². The Hall–Kier alpha value is -0.0800. The van der Waals surface area contributed by atoms with Crippen LogP contribution in [0.1, 0.15) is 12.8 Å². The Morgan fingerprint density at radius 1 is 1.33 bits per heavy atom. The van der Waals surface area contributed by atoms with Crippen molar-refractivity contribution in [3.63, 3.8) is 0 Å². The lowest BCUT2D eigenvalue weighted by Crippen LogP contribution is -2.46. The van der Waals surface area contributed by atoms with Crippen LogP contribution in [-0.2, 0) is 4.74 Å². The molecule has 0 aromatic carbocycles. The molecule has 0 aromatic heterocycles. The van der Waals surface area contributed by atoms with E-state index in [-0.39, 0.29) is 0 Å². The van der Waals surface area contributed by atoms with Gasteiger partial charge in [0.05, 0.1) is 0 Å². The summed E-state index contributed by atoms with van der Waals surface area (Å²) in [5.41, 5.74) is 0. The van der Waals surface area contributed by atoms with Crippen molar-refractivity contribution in [2.45, 2.75) is 25.3 Å². The minimum Gasteiger partial charge on any atom is -0.345 e. The average Bonchev–Trinajstić information content (AvgIpc) is 1.72. The first kappa shape index (κ1) is 2.99. The van der Waals surface area contributed by atoms with Crippen molar-refractivity contribution in [1.29, 1.82) is 0 Å². The summed E-state index contributed by atoms with van der Waals surface area (Å²) in [7, 11) is 0. The summed E-state index contributed by atoms with van der Waals surface area (Å²) < 4.78 is 5.14. The third kappa shape index (κ3) is 0.200. The molecule has 0 aromatic rings. The summed E-state index contributed by atoms with van der Waals surface area (Å²) in [5, 5.41) is 3.19. The van der Waals surface area contributed by atoms with E-state index in [1.807, 2.05) is 0 Å². The highest BCUT2D eigenvalue weighted by Gasteiger charge is 2.35. The second-order valence-corrected chi connectivity index (χ2v) is 1.86. The molecular weight excluding hydrogens is 78.0 g/mol. The summed E-state index contributed by atoms with van der Waals surface area (Å²) in [5.74, 6) is 0. The topological polar surface area (TPSA) is 21.3 Å². The summed E-state index contributed by atoms with van der Waals surface area (Å²) >= 11 is 0. The Morgan fingerprint density at radius 3 is 2.00 bits per heavy atom. The lowest BCUT2D eigenvalue weighted by atomic mass is 10.4. The predicted molar refractivity (Wildman–Crippen MR) is 21.0 cm³/mol. The van der Waals surface area contributed by atoms with Crippen molar-refractivity contribution in [3.8, 4) is 0 Å². The molecule has 3 aliphatic rings. The summed E-state index contributed by atoms with van der Waals surface area (Å²) in [4.78, 5) is 0. The zero-order valence-corrected chi connectivity index (χ0v) is 3.48. The smallest absolute Gasteiger partial charge is 0.112 e. The van der Waals surface area contributed by atoms with Crippen LogP contribution in [0.3, 0.4) is 0 Å². The second kappa shape index (κ2) is 0.768. The largest absolute Gasteiger partial charge is 0.345 e. The van der Waals surface area contributed by atoms with Crippen LogP contribution in [0, 0.1) is 0 Å².